The van der Waals surface area contributed by atoms with Crippen LogP contribution in [0.15, 0.2) is 53.5 Å². The van der Waals surface area contributed by atoms with Crippen molar-refractivity contribution in [2.75, 3.05) is 27.7 Å². The van der Waals surface area contributed by atoms with Crippen molar-refractivity contribution in [1.29, 1.82) is 0 Å². The molecule has 0 heterocycles. The number of carbonyl (C=O) groups excluding carboxylic acids is 1. The molecule has 1 amide bonds. The summed E-state index contributed by atoms with van der Waals surface area (Å²) in [6, 6.07) is 15.5. The Kier molecular flexibility index (Phi) is 7.67. The van der Waals surface area contributed by atoms with Crippen LogP contribution < -0.4 is 15.4 Å². The third-order valence-corrected chi connectivity index (χ3v) is 3.99. The van der Waals surface area contributed by atoms with E-state index < -0.39 is 0 Å². The second-order valence-corrected chi connectivity index (χ2v) is 6.29. The normalized spacial score (nSPS) is 11.0. The van der Waals surface area contributed by atoms with Gasteiger partial charge in [-0.15, -0.1) is 0 Å². The molecular weight excluding hydrogens is 340 g/mol. The van der Waals surface area contributed by atoms with Gasteiger partial charge < -0.3 is 20.3 Å². The Morgan fingerprint density at radius 1 is 1.00 bits per heavy atom. The molecule has 0 spiro atoms. The summed E-state index contributed by atoms with van der Waals surface area (Å²) >= 11 is 0. The first-order chi connectivity index (χ1) is 13.0. The van der Waals surface area contributed by atoms with E-state index in [1.54, 1.807) is 26.1 Å². The topological polar surface area (TPSA) is 66.0 Å². The predicted molar refractivity (Wildman–Crippen MR) is 109 cm³/mol. The largest absolute Gasteiger partial charge is 0.497 e. The Morgan fingerprint density at radius 2 is 1.63 bits per heavy atom. The van der Waals surface area contributed by atoms with E-state index in [4.69, 9.17) is 4.74 Å². The van der Waals surface area contributed by atoms with E-state index in [0.717, 1.165) is 29.4 Å². The van der Waals surface area contributed by atoms with Crippen molar-refractivity contribution >= 4 is 11.9 Å². The number of hydrogen-bond acceptors (Lipinski definition) is 3. The fraction of sp³-hybridized carbons (Fsp3) is 0.333. The summed E-state index contributed by atoms with van der Waals surface area (Å²) in [4.78, 5) is 18.1. The zero-order valence-corrected chi connectivity index (χ0v) is 16.5. The first-order valence-corrected chi connectivity index (χ1v) is 8.99. The van der Waals surface area contributed by atoms with Gasteiger partial charge in [0.05, 0.1) is 13.7 Å². The maximum atomic E-state index is 11.9. The number of benzene rings is 2. The Hall–Kier alpha value is -3.02. The molecule has 0 aliphatic heterocycles. The fourth-order valence-electron chi connectivity index (χ4n) is 2.45. The number of amides is 1. The summed E-state index contributed by atoms with van der Waals surface area (Å²) < 4.78 is 5.17. The van der Waals surface area contributed by atoms with Gasteiger partial charge in [0, 0.05) is 32.7 Å². The molecule has 0 saturated heterocycles. The number of carbonyl (C=O) groups is 1. The second kappa shape index (κ2) is 10.2. The molecule has 0 radical (unpaired) electrons. The molecule has 0 atom stereocenters. The molecule has 0 aliphatic carbocycles. The average Bonchev–Trinajstić information content (AvgIpc) is 2.70. The molecule has 144 valence electrons. The highest BCUT2D eigenvalue weighted by molar-refractivity contribution is 5.93. The van der Waals surface area contributed by atoms with Gasteiger partial charge >= 0.3 is 0 Å². The predicted octanol–water partition coefficient (Wildman–Crippen LogP) is 2.65. The van der Waals surface area contributed by atoms with Crippen LogP contribution in [-0.2, 0) is 13.1 Å². The number of guanidine groups is 1. The van der Waals surface area contributed by atoms with Crippen molar-refractivity contribution in [3.63, 3.8) is 0 Å². The summed E-state index contributed by atoms with van der Waals surface area (Å²) in [6.45, 7) is 4.03. The van der Waals surface area contributed by atoms with Crippen LogP contribution in [0.25, 0.3) is 0 Å². The highest BCUT2D eigenvalue weighted by Gasteiger charge is 2.07. The van der Waals surface area contributed by atoms with Crippen LogP contribution in [0.3, 0.4) is 0 Å². The van der Waals surface area contributed by atoms with Gasteiger partial charge in [-0.25, -0.2) is 4.99 Å². The van der Waals surface area contributed by atoms with E-state index >= 15 is 0 Å². The maximum absolute atomic E-state index is 11.9. The first-order valence-electron chi connectivity index (χ1n) is 8.99. The lowest BCUT2D eigenvalue weighted by atomic mass is 10.1. The molecule has 0 aromatic heterocycles. The lowest BCUT2D eigenvalue weighted by Gasteiger charge is -2.13. The number of methoxy groups -OCH3 is 1. The van der Waals surface area contributed by atoms with Crippen molar-refractivity contribution in [1.82, 2.24) is 15.5 Å². The molecule has 6 nitrogen and oxygen atoms in total. The monoisotopic (exact) mass is 368 g/mol. The summed E-state index contributed by atoms with van der Waals surface area (Å²) in [6.07, 6.45) is 0. The number of nitrogens with one attached hydrogen (secondary N) is 2. The van der Waals surface area contributed by atoms with Crippen molar-refractivity contribution in [3.8, 4) is 5.75 Å². The molecule has 6 heteroatoms. The number of rotatable bonds is 7. The van der Waals surface area contributed by atoms with Crippen LogP contribution >= 0.6 is 0 Å². The van der Waals surface area contributed by atoms with Gasteiger partial charge in [0.2, 0.25) is 0 Å². The molecule has 0 fully saturated rings. The zero-order valence-electron chi connectivity index (χ0n) is 16.5. The molecule has 0 unspecified atom stereocenters. The van der Waals surface area contributed by atoms with Crippen LogP contribution in [-0.4, -0.2) is 44.5 Å². The zero-order chi connectivity index (χ0) is 19.6. The van der Waals surface area contributed by atoms with Crippen molar-refractivity contribution < 1.29 is 9.53 Å². The van der Waals surface area contributed by atoms with Gasteiger partial charge in [0.1, 0.15) is 5.75 Å². The molecule has 0 saturated carbocycles. The SMILES string of the molecule is CCNC(=NCc1ccc(OC)cc1)NCc1ccc(C(=O)N(C)C)cc1. The van der Waals surface area contributed by atoms with E-state index in [1.807, 2.05) is 55.5 Å². The lowest BCUT2D eigenvalue weighted by Crippen LogP contribution is -2.36. The molecular formula is C21H28N4O2. The third kappa shape index (κ3) is 6.33. The van der Waals surface area contributed by atoms with Crippen LogP contribution in [0.2, 0.25) is 0 Å². The van der Waals surface area contributed by atoms with E-state index in [2.05, 4.69) is 15.6 Å². The van der Waals surface area contributed by atoms with Crippen LogP contribution in [0, 0.1) is 0 Å². The van der Waals surface area contributed by atoms with E-state index in [1.165, 1.54) is 0 Å². The van der Waals surface area contributed by atoms with E-state index in [-0.39, 0.29) is 5.91 Å². The highest BCUT2D eigenvalue weighted by atomic mass is 16.5. The van der Waals surface area contributed by atoms with Gasteiger partial charge in [-0.05, 0) is 42.3 Å². The molecule has 27 heavy (non-hydrogen) atoms. The first kappa shape index (κ1) is 20.3. The van der Waals surface area contributed by atoms with Crippen LogP contribution in [0.4, 0.5) is 0 Å². The summed E-state index contributed by atoms with van der Waals surface area (Å²) in [5, 5.41) is 6.56. The van der Waals surface area contributed by atoms with Crippen LogP contribution in [0.1, 0.15) is 28.4 Å². The van der Waals surface area contributed by atoms with Crippen LogP contribution in [0.5, 0.6) is 5.75 Å². The minimum Gasteiger partial charge on any atom is -0.497 e. The number of nitrogens with zero attached hydrogens (tertiary/aromatic N) is 2. The molecule has 0 aliphatic rings. The minimum atomic E-state index is 0.00361. The molecule has 2 aromatic carbocycles. The molecule has 2 rings (SSSR count). The van der Waals surface area contributed by atoms with Gasteiger partial charge in [0.25, 0.3) is 5.91 Å². The lowest BCUT2D eigenvalue weighted by molar-refractivity contribution is 0.0827. The highest BCUT2D eigenvalue weighted by Crippen LogP contribution is 2.12. The Bertz CT molecular complexity index is 753. The quantitative estimate of drug-likeness (QED) is 0.582. The number of hydrogen-bond donors (Lipinski definition) is 2. The van der Waals surface area contributed by atoms with E-state index in [9.17, 15) is 4.79 Å². The van der Waals surface area contributed by atoms with Crippen molar-refractivity contribution in [2.24, 2.45) is 4.99 Å². The smallest absolute Gasteiger partial charge is 0.253 e. The summed E-state index contributed by atoms with van der Waals surface area (Å²) in [5.74, 6) is 1.59. The third-order valence-electron chi connectivity index (χ3n) is 3.99. The molecule has 2 N–H and O–H groups in total. The Balaban J connectivity index is 1.95. The summed E-state index contributed by atoms with van der Waals surface area (Å²) in [5.41, 5.74) is 2.88. The summed E-state index contributed by atoms with van der Waals surface area (Å²) in [7, 11) is 5.16. The minimum absolute atomic E-state index is 0.00361. The van der Waals surface area contributed by atoms with Gasteiger partial charge in [-0.2, -0.15) is 0 Å². The Labute approximate surface area is 161 Å². The van der Waals surface area contributed by atoms with Gasteiger partial charge in [-0.1, -0.05) is 24.3 Å². The Morgan fingerprint density at radius 3 is 2.19 bits per heavy atom. The fourth-order valence-corrected chi connectivity index (χ4v) is 2.45. The maximum Gasteiger partial charge on any atom is 0.253 e. The molecule has 2 aromatic rings. The second-order valence-electron chi connectivity index (χ2n) is 6.29. The number of ether oxygens (including phenoxy) is 1. The van der Waals surface area contributed by atoms with Crippen molar-refractivity contribution in [2.45, 2.75) is 20.0 Å². The molecule has 0 bridgehead atoms. The van der Waals surface area contributed by atoms with Crippen molar-refractivity contribution in [3.05, 3.63) is 65.2 Å². The average molecular weight is 368 g/mol. The standard InChI is InChI=1S/C21H28N4O2/c1-5-22-21(24-15-17-8-12-19(27-4)13-9-17)23-14-16-6-10-18(11-7-16)20(26)25(2)3/h6-13H,5,14-15H2,1-4H3,(H2,22,23,24). The van der Waals surface area contributed by atoms with Gasteiger partial charge in [-0.3, -0.25) is 4.79 Å². The number of aliphatic imine (C=N–C) groups is 1. The van der Waals surface area contributed by atoms with E-state index in [0.29, 0.717) is 18.7 Å². The van der Waals surface area contributed by atoms with Gasteiger partial charge in [0.15, 0.2) is 5.96 Å².